The molecule has 47 heavy (non-hydrogen) atoms. The Labute approximate surface area is 286 Å². The first-order chi connectivity index (χ1) is 21.3. The van der Waals surface area contributed by atoms with Gasteiger partial charge in [0.25, 0.3) is 0 Å². The van der Waals surface area contributed by atoms with Crippen LogP contribution in [-0.4, -0.2) is 104 Å². The van der Waals surface area contributed by atoms with Crippen molar-refractivity contribution in [2.75, 3.05) is 61.9 Å². The van der Waals surface area contributed by atoms with Crippen molar-refractivity contribution in [2.45, 2.75) is 116 Å². The highest BCUT2D eigenvalue weighted by Gasteiger charge is 2.75. The Morgan fingerprint density at radius 2 is 1.28 bits per heavy atom. The molecule has 0 amide bonds. The van der Waals surface area contributed by atoms with Crippen molar-refractivity contribution in [3.63, 3.8) is 0 Å². The molecule has 3 aliphatic rings. The highest BCUT2D eigenvalue weighted by Crippen LogP contribution is 2.47. The molecule has 3 aliphatic heterocycles. The molecule has 1 fully saturated rings. The van der Waals surface area contributed by atoms with Gasteiger partial charge in [0.1, 0.15) is 0 Å². The van der Waals surface area contributed by atoms with Gasteiger partial charge < -0.3 is 18.4 Å². The van der Waals surface area contributed by atoms with E-state index in [0.29, 0.717) is 0 Å². The van der Waals surface area contributed by atoms with E-state index >= 15 is 0 Å². The second-order valence-corrected chi connectivity index (χ2v) is 19.8. The van der Waals surface area contributed by atoms with Crippen molar-refractivity contribution >= 4 is 12.4 Å². The zero-order valence-electron chi connectivity index (χ0n) is 32.6. The molecule has 0 N–H and O–H groups in total. The largest absolute Gasteiger partial charge is 0.704 e. The maximum atomic E-state index is 7.20. The van der Waals surface area contributed by atoms with Crippen LogP contribution in [0.5, 0.6) is 11.5 Å². The summed E-state index contributed by atoms with van der Waals surface area (Å²) in [7, 11) is 13.8. The van der Waals surface area contributed by atoms with Crippen molar-refractivity contribution in [3.8, 4) is 11.5 Å². The third kappa shape index (κ3) is 7.20. The zero-order chi connectivity index (χ0) is 35.0. The minimum absolute atomic E-state index is 0.0303. The number of benzene rings is 2. The molecule has 0 bridgehead atoms. The number of rotatable bonds is 9. The second kappa shape index (κ2) is 11.4. The predicted octanol–water partition coefficient (Wildman–Crippen LogP) is 7.26. The maximum Gasteiger partial charge on any atom is 0.704 e. The van der Waals surface area contributed by atoms with E-state index in [4.69, 9.17) is 9.47 Å². The van der Waals surface area contributed by atoms with Gasteiger partial charge in [-0.3, -0.25) is 0 Å². The van der Waals surface area contributed by atoms with Gasteiger partial charge in [0, 0.05) is 19.4 Å². The Balaban J connectivity index is 1.56. The van der Waals surface area contributed by atoms with Gasteiger partial charge in [0.15, 0.2) is 23.9 Å². The smallest absolute Gasteiger partial charge is 0.341 e. The Morgan fingerprint density at radius 1 is 0.702 bits per heavy atom. The summed E-state index contributed by atoms with van der Waals surface area (Å²) >= 11 is 0. The minimum atomic E-state index is -1.06. The average molecular weight is 647 g/mol. The first-order valence-corrected chi connectivity index (χ1v) is 17.9. The average Bonchev–Trinajstić information content (AvgIpc) is 3.11. The molecule has 1 atom stereocenters. The molecule has 6 nitrogen and oxygen atoms in total. The Kier molecular flexibility index (Phi) is 8.66. The van der Waals surface area contributed by atoms with Crippen molar-refractivity contribution in [1.82, 2.24) is 0 Å². The molecule has 1 unspecified atom stereocenters. The summed E-state index contributed by atoms with van der Waals surface area (Å²) in [5, 5.41) is 0. The van der Waals surface area contributed by atoms with Crippen LogP contribution in [0.25, 0.3) is 0 Å². The molecule has 0 saturated carbocycles. The third-order valence-corrected chi connectivity index (χ3v) is 10.5. The summed E-state index contributed by atoms with van der Waals surface area (Å²) in [4.78, 5) is 0. The number of nitrogens with zero attached hydrogens (tertiary/aromatic N) is 4. The van der Waals surface area contributed by atoms with E-state index in [9.17, 15) is 0 Å². The molecule has 1 saturated heterocycles. The first kappa shape index (κ1) is 35.6. The molecule has 1 spiro atoms. The summed E-state index contributed by atoms with van der Waals surface area (Å²) < 4.78 is 20.9. The van der Waals surface area contributed by atoms with E-state index in [0.717, 1.165) is 38.1 Å². The molecule has 0 aliphatic carbocycles. The van der Waals surface area contributed by atoms with Gasteiger partial charge in [-0.1, -0.05) is 69.7 Å². The van der Waals surface area contributed by atoms with Gasteiger partial charge >= 0.3 is 6.03 Å². The van der Waals surface area contributed by atoms with Crippen LogP contribution in [0.2, 0.25) is 0 Å². The molecule has 0 radical (unpaired) electrons. The van der Waals surface area contributed by atoms with Crippen LogP contribution >= 0.6 is 0 Å². The van der Waals surface area contributed by atoms with Crippen LogP contribution in [0.3, 0.4) is 0 Å². The SMILES string of the molecule is CC(C)(C)c1cc2c(c(C(C)(C)C)c1)OC13Oc4ccc(C(C)(CCC[N+](C)(C)C)CCC[N+](C)(C)C)cc4C=[N+]1CC(C)(C)[N+]3=C2. The highest BCUT2D eigenvalue weighted by molar-refractivity contribution is 5.84. The van der Waals surface area contributed by atoms with Crippen LogP contribution in [0, 0.1) is 0 Å². The molecule has 5 rings (SSSR count). The van der Waals surface area contributed by atoms with Crippen LogP contribution in [0.15, 0.2) is 30.3 Å². The fourth-order valence-electron chi connectivity index (χ4n) is 7.59. The molecular weight excluding hydrogens is 580 g/mol. The van der Waals surface area contributed by atoms with Gasteiger partial charge in [-0.25, -0.2) is 0 Å². The quantitative estimate of drug-likeness (QED) is 0.212. The number of hydrogen-bond donors (Lipinski definition) is 0. The molecule has 0 aromatic heterocycles. The topological polar surface area (TPSA) is 24.5 Å². The second-order valence-electron chi connectivity index (χ2n) is 19.8. The molecule has 3 heterocycles. The number of fused-ring (bicyclic) bond motifs is 2. The summed E-state index contributed by atoms with van der Waals surface area (Å²) in [6.45, 7) is 23.9. The lowest BCUT2D eigenvalue weighted by Gasteiger charge is -2.35. The summed E-state index contributed by atoms with van der Waals surface area (Å²) in [6.07, 6.45) is 9.37. The van der Waals surface area contributed by atoms with E-state index in [-0.39, 0.29) is 21.8 Å². The maximum absolute atomic E-state index is 7.20. The fourth-order valence-corrected chi connectivity index (χ4v) is 7.59. The Hall–Kier alpha value is -2.70. The van der Waals surface area contributed by atoms with Gasteiger partial charge in [0.2, 0.25) is 12.1 Å². The summed E-state index contributed by atoms with van der Waals surface area (Å²) in [5.74, 6) is 1.81. The lowest BCUT2D eigenvalue weighted by molar-refractivity contribution is -0.870. The lowest BCUT2D eigenvalue weighted by Crippen LogP contribution is -2.61. The van der Waals surface area contributed by atoms with Crippen LogP contribution in [0.1, 0.15) is 116 Å². The molecule has 258 valence electrons. The van der Waals surface area contributed by atoms with Crippen molar-refractivity contribution < 1.29 is 27.6 Å². The van der Waals surface area contributed by atoms with Gasteiger partial charge in [0.05, 0.1) is 66.5 Å². The van der Waals surface area contributed by atoms with Crippen molar-refractivity contribution in [1.29, 1.82) is 0 Å². The first-order valence-electron chi connectivity index (χ1n) is 17.9. The number of ether oxygens (including phenoxy) is 2. The van der Waals surface area contributed by atoms with Crippen LogP contribution in [-0.2, 0) is 16.2 Å². The molecule has 6 heteroatoms. The standard InChI is InChI=1S/C41H66N4O2/c1-37(2,3)33-25-31-28-43-39(7,8)29-42-27-30-24-32(40(9,20-16-22-44(10,11)12)21-17-23-45(13,14)15)18-19-35(30)46-41(42,43)47-36(31)34(26-33)38(4,5)6/h18-19,24-28H,16-17,20-23,29H2,1-15H3/q+4. The van der Waals surface area contributed by atoms with E-state index in [1.54, 1.807) is 0 Å². The fraction of sp³-hybridized carbons (Fsp3) is 0.659. The zero-order valence-corrected chi connectivity index (χ0v) is 32.6. The monoisotopic (exact) mass is 647 g/mol. The highest BCUT2D eigenvalue weighted by atomic mass is 16.7. The van der Waals surface area contributed by atoms with E-state index in [2.05, 4.69) is 157 Å². The van der Waals surface area contributed by atoms with E-state index in [1.165, 1.54) is 55.5 Å². The molecule has 2 aromatic rings. The van der Waals surface area contributed by atoms with Gasteiger partial charge in [-0.15, -0.1) is 0 Å². The van der Waals surface area contributed by atoms with Gasteiger partial charge in [-0.05, 0) is 71.3 Å². The Bertz CT molecular complexity index is 1570. The van der Waals surface area contributed by atoms with Gasteiger partial charge in [-0.2, -0.15) is 0 Å². The molecule has 2 aromatic carbocycles. The van der Waals surface area contributed by atoms with E-state index < -0.39 is 6.03 Å². The minimum Gasteiger partial charge on any atom is -0.341 e. The van der Waals surface area contributed by atoms with Crippen LogP contribution < -0.4 is 9.47 Å². The third-order valence-electron chi connectivity index (χ3n) is 10.5. The summed E-state index contributed by atoms with van der Waals surface area (Å²) in [5.41, 5.74) is 6.06. The number of hydrogen-bond acceptors (Lipinski definition) is 2. The lowest BCUT2D eigenvalue weighted by atomic mass is 9.74. The normalized spacial score (nSPS) is 20.7. The van der Waals surface area contributed by atoms with Crippen molar-refractivity contribution in [3.05, 3.63) is 58.1 Å². The molecular formula is C41H66N4O2+4. The number of quaternary nitrogens is 2. The van der Waals surface area contributed by atoms with E-state index in [1.807, 2.05) is 0 Å². The Morgan fingerprint density at radius 3 is 1.81 bits per heavy atom. The van der Waals surface area contributed by atoms with Crippen molar-refractivity contribution in [2.24, 2.45) is 0 Å². The van der Waals surface area contributed by atoms with Crippen LogP contribution in [0.4, 0.5) is 0 Å². The summed E-state index contributed by atoms with van der Waals surface area (Å²) in [6, 6.07) is 10.6. The predicted molar refractivity (Wildman–Crippen MR) is 196 cm³/mol.